The molecule has 0 radical (unpaired) electrons. The molecule has 0 saturated carbocycles. The van der Waals surface area contributed by atoms with Crippen LogP contribution in [0.25, 0.3) is 4.91 Å². The van der Waals surface area contributed by atoms with Gasteiger partial charge in [0, 0.05) is 21.7 Å². The van der Waals surface area contributed by atoms with Crippen molar-refractivity contribution in [3.63, 3.8) is 0 Å². The third-order valence-corrected chi connectivity index (χ3v) is 6.07. The van der Waals surface area contributed by atoms with Crippen molar-refractivity contribution in [3.05, 3.63) is 100 Å². The number of phenols is 1. The average molecular weight is 480 g/mol. The minimum Gasteiger partial charge on any atom is -0.504 e. The highest BCUT2D eigenvalue weighted by Crippen LogP contribution is 2.35. The van der Waals surface area contributed by atoms with Gasteiger partial charge in [-0.3, -0.25) is 4.79 Å². The zero-order valence-electron chi connectivity index (χ0n) is 18.5. The summed E-state index contributed by atoms with van der Waals surface area (Å²) in [5, 5.41) is 15.8. The fraction of sp³-hybridized carbons (Fsp3) is 0.148. The van der Waals surface area contributed by atoms with Crippen molar-refractivity contribution in [3.8, 4) is 17.2 Å². The first kappa shape index (κ1) is 24.5. The highest BCUT2D eigenvalue weighted by molar-refractivity contribution is 8.10. The average Bonchev–Trinajstić information content (AvgIpc) is 2.80. The van der Waals surface area contributed by atoms with Crippen molar-refractivity contribution in [1.82, 2.24) is 0 Å². The SMILES string of the molecule is C/C=C\S/C(=C\CC)c1ccc(Oc2ccc(NC(=O)Cc3ccccc3Cl)cc2O)cc1. The van der Waals surface area contributed by atoms with E-state index in [1.165, 1.54) is 11.0 Å². The molecule has 0 spiro atoms. The molecule has 0 aliphatic rings. The van der Waals surface area contributed by atoms with E-state index in [4.69, 9.17) is 16.3 Å². The van der Waals surface area contributed by atoms with Gasteiger partial charge in [0.25, 0.3) is 0 Å². The van der Waals surface area contributed by atoms with Crippen molar-refractivity contribution in [2.45, 2.75) is 26.7 Å². The van der Waals surface area contributed by atoms with Gasteiger partial charge in [0.2, 0.25) is 5.91 Å². The summed E-state index contributed by atoms with van der Waals surface area (Å²) in [4.78, 5) is 13.5. The van der Waals surface area contributed by atoms with Gasteiger partial charge < -0.3 is 15.2 Å². The van der Waals surface area contributed by atoms with Crippen molar-refractivity contribution in [2.75, 3.05) is 5.32 Å². The fourth-order valence-electron chi connectivity index (χ4n) is 3.08. The number of nitrogens with one attached hydrogen (secondary N) is 1. The molecule has 33 heavy (non-hydrogen) atoms. The molecule has 6 heteroatoms. The zero-order valence-corrected chi connectivity index (χ0v) is 20.1. The lowest BCUT2D eigenvalue weighted by atomic mass is 10.1. The lowest BCUT2D eigenvalue weighted by Crippen LogP contribution is -2.14. The maximum absolute atomic E-state index is 12.3. The molecule has 0 aromatic heterocycles. The Kier molecular flexibility index (Phi) is 9.04. The van der Waals surface area contributed by atoms with Crippen LogP contribution in [-0.2, 0) is 11.2 Å². The minimum atomic E-state index is -0.224. The van der Waals surface area contributed by atoms with Crippen molar-refractivity contribution in [2.24, 2.45) is 0 Å². The summed E-state index contributed by atoms with van der Waals surface area (Å²) in [5.41, 5.74) is 2.32. The molecule has 0 saturated heterocycles. The minimum absolute atomic E-state index is 0.0650. The van der Waals surface area contributed by atoms with Gasteiger partial charge in [-0.25, -0.2) is 0 Å². The number of benzene rings is 3. The first-order chi connectivity index (χ1) is 16.0. The van der Waals surface area contributed by atoms with Gasteiger partial charge in [-0.15, -0.1) is 0 Å². The molecule has 0 fully saturated rings. The number of amides is 1. The number of hydrogen-bond acceptors (Lipinski definition) is 4. The van der Waals surface area contributed by atoms with Gasteiger partial charge in [-0.1, -0.05) is 72.8 Å². The molecule has 4 nitrogen and oxygen atoms in total. The van der Waals surface area contributed by atoms with Gasteiger partial charge in [0.05, 0.1) is 6.42 Å². The Balaban J connectivity index is 1.65. The number of halogens is 1. The number of ether oxygens (including phenoxy) is 1. The van der Waals surface area contributed by atoms with Crippen molar-refractivity contribution >= 4 is 39.9 Å². The Hall–Kier alpha value is -3.15. The number of anilines is 1. The monoisotopic (exact) mass is 479 g/mol. The largest absolute Gasteiger partial charge is 0.504 e. The van der Waals surface area contributed by atoms with E-state index in [9.17, 15) is 9.90 Å². The van der Waals surface area contributed by atoms with Crippen molar-refractivity contribution in [1.29, 1.82) is 0 Å². The molecule has 2 N–H and O–H groups in total. The predicted molar refractivity (Wildman–Crippen MR) is 139 cm³/mol. The quantitative estimate of drug-likeness (QED) is 0.326. The van der Waals surface area contributed by atoms with Crippen LogP contribution < -0.4 is 10.1 Å². The Morgan fingerprint density at radius 2 is 1.88 bits per heavy atom. The second-order valence-electron chi connectivity index (χ2n) is 7.19. The fourth-order valence-corrected chi connectivity index (χ4v) is 4.10. The van der Waals surface area contributed by atoms with E-state index in [2.05, 4.69) is 23.7 Å². The van der Waals surface area contributed by atoms with Crippen LogP contribution in [0.4, 0.5) is 5.69 Å². The number of aromatic hydroxyl groups is 1. The van der Waals surface area contributed by atoms with E-state index >= 15 is 0 Å². The second-order valence-corrected chi connectivity index (χ2v) is 8.54. The smallest absolute Gasteiger partial charge is 0.228 e. The molecule has 3 aromatic rings. The van der Waals surface area contributed by atoms with E-state index in [1.807, 2.05) is 55.5 Å². The highest BCUT2D eigenvalue weighted by Gasteiger charge is 2.10. The first-order valence-corrected chi connectivity index (χ1v) is 11.9. The summed E-state index contributed by atoms with van der Waals surface area (Å²) in [6.07, 6.45) is 5.29. The number of hydrogen-bond donors (Lipinski definition) is 2. The summed E-state index contributed by atoms with van der Waals surface area (Å²) in [6.45, 7) is 4.11. The van der Waals surface area contributed by atoms with Gasteiger partial charge in [0.15, 0.2) is 11.5 Å². The van der Waals surface area contributed by atoms with Crippen LogP contribution in [0, 0.1) is 0 Å². The van der Waals surface area contributed by atoms with Crippen LogP contribution in [0.2, 0.25) is 5.02 Å². The number of carbonyl (C=O) groups excluding carboxylic acids is 1. The third kappa shape index (κ3) is 7.17. The number of rotatable bonds is 9. The topological polar surface area (TPSA) is 58.6 Å². The number of allylic oxidation sites excluding steroid dienone is 2. The predicted octanol–water partition coefficient (Wildman–Crippen LogP) is 8.04. The van der Waals surface area contributed by atoms with Crippen LogP contribution in [0.1, 0.15) is 31.4 Å². The molecule has 0 aliphatic heterocycles. The van der Waals surface area contributed by atoms with Gasteiger partial charge in [-0.2, -0.15) is 0 Å². The highest BCUT2D eigenvalue weighted by atomic mass is 35.5. The zero-order chi connectivity index (χ0) is 23.6. The molecule has 0 unspecified atom stereocenters. The van der Waals surface area contributed by atoms with E-state index in [-0.39, 0.29) is 18.1 Å². The molecule has 0 atom stereocenters. The third-order valence-electron chi connectivity index (χ3n) is 4.64. The molecular weight excluding hydrogens is 454 g/mol. The number of phenolic OH excluding ortho intramolecular Hbond substituents is 1. The Bertz CT molecular complexity index is 1160. The van der Waals surface area contributed by atoms with Gasteiger partial charge in [-0.05, 0) is 60.2 Å². The summed E-state index contributed by atoms with van der Waals surface area (Å²) in [6, 6.07) is 19.7. The van der Waals surface area contributed by atoms with Gasteiger partial charge >= 0.3 is 0 Å². The molecule has 0 bridgehead atoms. The summed E-state index contributed by atoms with van der Waals surface area (Å²) < 4.78 is 5.84. The molecule has 1 amide bonds. The standard InChI is InChI=1S/C27H26ClNO3S/c1-3-7-26(33-16-4-2)19-10-13-22(14-11-19)32-25-15-12-21(18-24(25)30)29-27(31)17-20-8-5-6-9-23(20)28/h4-16,18,30H,3,17H2,1-2H3,(H,29,31)/b16-4-,26-7-. The molecule has 3 rings (SSSR count). The Morgan fingerprint density at radius 1 is 1.12 bits per heavy atom. The van der Waals surface area contributed by atoms with Crippen LogP contribution in [0.15, 0.2) is 84.3 Å². The number of carbonyl (C=O) groups is 1. The van der Waals surface area contributed by atoms with Crippen LogP contribution in [0.3, 0.4) is 0 Å². The molecule has 0 aliphatic carbocycles. The van der Waals surface area contributed by atoms with Crippen molar-refractivity contribution < 1.29 is 14.6 Å². The molecule has 170 valence electrons. The Morgan fingerprint density at radius 3 is 2.55 bits per heavy atom. The first-order valence-electron chi connectivity index (χ1n) is 10.6. The molecule has 0 heterocycles. The molecule has 3 aromatic carbocycles. The van der Waals surface area contributed by atoms with E-state index in [0.29, 0.717) is 22.2 Å². The van der Waals surface area contributed by atoms with E-state index in [0.717, 1.165) is 17.5 Å². The maximum Gasteiger partial charge on any atom is 0.228 e. The second kappa shape index (κ2) is 12.2. The Labute approximate surface area is 203 Å². The van der Waals surface area contributed by atoms with E-state index in [1.54, 1.807) is 30.0 Å². The normalized spacial score (nSPS) is 11.5. The van der Waals surface area contributed by atoms with Crippen LogP contribution in [-0.4, -0.2) is 11.0 Å². The summed E-state index contributed by atoms with van der Waals surface area (Å²) in [5.74, 6) is 0.624. The maximum atomic E-state index is 12.3. The summed E-state index contributed by atoms with van der Waals surface area (Å²) in [7, 11) is 0. The van der Waals surface area contributed by atoms with Crippen LogP contribution >= 0.6 is 23.4 Å². The lowest BCUT2D eigenvalue weighted by molar-refractivity contribution is -0.115. The lowest BCUT2D eigenvalue weighted by Gasteiger charge is -2.11. The van der Waals surface area contributed by atoms with Crippen LogP contribution in [0.5, 0.6) is 17.2 Å². The molecular formula is C27H26ClNO3S. The number of thioether (sulfide) groups is 1. The summed E-state index contributed by atoms with van der Waals surface area (Å²) >= 11 is 7.79. The van der Waals surface area contributed by atoms with E-state index < -0.39 is 0 Å². The van der Waals surface area contributed by atoms with Gasteiger partial charge in [0.1, 0.15) is 5.75 Å².